The predicted molar refractivity (Wildman–Crippen MR) is 214 cm³/mol. The van der Waals surface area contributed by atoms with Crippen LogP contribution in [-0.2, 0) is 18.9 Å². The van der Waals surface area contributed by atoms with Gasteiger partial charge in [0.05, 0.1) is 10.7 Å². The van der Waals surface area contributed by atoms with Crippen molar-refractivity contribution in [2.24, 2.45) is 11.8 Å². The Morgan fingerprint density at radius 3 is 2.02 bits per heavy atom. The van der Waals surface area contributed by atoms with Crippen LogP contribution in [-0.4, -0.2) is 42.4 Å². The van der Waals surface area contributed by atoms with Gasteiger partial charge in [0, 0.05) is 23.3 Å². The van der Waals surface area contributed by atoms with Crippen molar-refractivity contribution in [3.8, 4) is 23.0 Å². The SMILES string of the molecule is COc1cc(C2c3c(ccc4cc(OC(=O)OC(C)(C)C)ccc34)OC3=CC=C4C=C(OC(=O)OC(C)(C)C)C=CC4C32)cc(I)c1OC(=O)OC(C)(C)C. The van der Waals surface area contributed by atoms with Gasteiger partial charge < -0.3 is 37.9 Å². The third-order valence-electron chi connectivity index (χ3n) is 8.58. The Morgan fingerprint density at radius 1 is 0.745 bits per heavy atom. The quantitative estimate of drug-likeness (QED) is 0.105. The van der Waals surface area contributed by atoms with Crippen LogP contribution in [0, 0.1) is 15.4 Å². The van der Waals surface area contributed by atoms with Gasteiger partial charge in [0.15, 0.2) is 11.5 Å². The van der Waals surface area contributed by atoms with Crippen molar-refractivity contribution >= 4 is 51.8 Å². The zero-order valence-electron chi connectivity index (χ0n) is 32.5. The molecule has 0 saturated carbocycles. The summed E-state index contributed by atoms with van der Waals surface area (Å²) in [5.74, 6) is 1.85. The smallest absolute Gasteiger partial charge is 0.493 e. The average molecular weight is 865 g/mol. The molecule has 3 aromatic rings. The minimum absolute atomic E-state index is 0.199. The Balaban J connectivity index is 1.45. The van der Waals surface area contributed by atoms with Crippen LogP contribution in [0.2, 0.25) is 0 Å². The molecular weight excluding hydrogens is 819 g/mol. The van der Waals surface area contributed by atoms with Crippen LogP contribution in [0.15, 0.2) is 89.9 Å². The van der Waals surface area contributed by atoms with E-state index in [1.54, 1.807) is 80.5 Å². The first kappa shape index (κ1) is 39.7. The van der Waals surface area contributed by atoms with Crippen LogP contribution in [0.4, 0.5) is 14.4 Å². The maximum Gasteiger partial charge on any atom is 0.514 e. The number of hydrogen-bond donors (Lipinski definition) is 0. The average Bonchev–Trinajstić information content (AvgIpc) is 3.05. The van der Waals surface area contributed by atoms with E-state index in [1.807, 2.05) is 54.6 Å². The Bertz CT molecular complexity index is 2170. The summed E-state index contributed by atoms with van der Waals surface area (Å²) in [6.07, 6.45) is 7.07. The summed E-state index contributed by atoms with van der Waals surface area (Å²) in [7, 11) is 1.52. The van der Waals surface area contributed by atoms with Gasteiger partial charge in [-0.1, -0.05) is 24.3 Å². The predicted octanol–water partition coefficient (Wildman–Crippen LogP) is 11.1. The molecule has 12 heteroatoms. The number of fused-ring (bicyclic) bond motifs is 6. The van der Waals surface area contributed by atoms with Crippen molar-refractivity contribution in [3.05, 3.63) is 105 Å². The molecule has 1 aliphatic heterocycles. The summed E-state index contributed by atoms with van der Waals surface area (Å²) < 4.78 is 46.2. The Kier molecular flexibility index (Phi) is 10.8. The molecule has 6 rings (SSSR count). The number of carbonyl (C=O) groups excluding carboxylic acids is 3. The summed E-state index contributed by atoms with van der Waals surface area (Å²) in [5.41, 5.74) is 0.498. The molecule has 0 amide bonds. The molecule has 0 N–H and O–H groups in total. The largest absolute Gasteiger partial charge is 0.514 e. The first-order valence-electron chi connectivity index (χ1n) is 17.8. The Morgan fingerprint density at radius 2 is 1.38 bits per heavy atom. The highest BCUT2D eigenvalue weighted by atomic mass is 127. The van der Waals surface area contributed by atoms with Crippen LogP contribution >= 0.6 is 22.6 Å². The highest BCUT2D eigenvalue weighted by Gasteiger charge is 2.44. The molecule has 3 aliphatic rings. The van der Waals surface area contributed by atoms with Gasteiger partial charge in [0.2, 0.25) is 0 Å². The number of methoxy groups -OCH3 is 1. The van der Waals surface area contributed by atoms with E-state index in [1.165, 1.54) is 7.11 Å². The topological polar surface area (TPSA) is 125 Å². The lowest BCUT2D eigenvalue weighted by Gasteiger charge is -2.42. The fraction of sp³-hybridized carbons (Fsp3) is 0.372. The number of rotatable bonds is 5. The third-order valence-corrected chi connectivity index (χ3v) is 9.38. The lowest BCUT2D eigenvalue weighted by molar-refractivity contribution is 0.00748. The van der Waals surface area contributed by atoms with E-state index >= 15 is 0 Å². The first-order valence-corrected chi connectivity index (χ1v) is 18.9. The van der Waals surface area contributed by atoms with Gasteiger partial charge in [0.1, 0.15) is 39.8 Å². The van der Waals surface area contributed by atoms with Crippen molar-refractivity contribution in [2.75, 3.05) is 7.11 Å². The van der Waals surface area contributed by atoms with E-state index in [0.29, 0.717) is 26.6 Å². The molecule has 11 nitrogen and oxygen atoms in total. The molecule has 0 bridgehead atoms. The number of benzene rings is 3. The van der Waals surface area contributed by atoms with Crippen molar-refractivity contribution < 1.29 is 52.3 Å². The molecular formula is C43H45IO11. The molecule has 3 aromatic carbocycles. The lowest BCUT2D eigenvalue weighted by Crippen LogP contribution is -2.34. The summed E-state index contributed by atoms with van der Waals surface area (Å²) in [6, 6.07) is 13.1. The van der Waals surface area contributed by atoms with Crippen LogP contribution in [0.25, 0.3) is 10.8 Å². The zero-order chi connectivity index (χ0) is 40.0. The zero-order valence-corrected chi connectivity index (χ0v) is 34.7. The Hall–Kier alpha value is -4.98. The fourth-order valence-corrected chi connectivity index (χ4v) is 7.42. The van der Waals surface area contributed by atoms with Crippen molar-refractivity contribution in [3.63, 3.8) is 0 Å². The van der Waals surface area contributed by atoms with Crippen molar-refractivity contribution in [1.29, 1.82) is 0 Å². The van der Waals surface area contributed by atoms with E-state index in [9.17, 15) is 14.4 Å². The van der Waals surface area contributed by atoms with Gasteiger partial charge in [-0.2, -0.15) is 0 Å². The minimum Gasteiger partial charge on any atom is -0.493 e. The number of ether oxygens (including phenoxy) is 8. The number of halogens is 1. The summed E-state index contributed by atoms with van der Waals surface area (Å²) in [6.45, 7) is 15.9. The van der Waals surface area contributed by atoms with Crippen molar-refractivity contribution in [1.82, 2.24) is 0 Å². The maximum atomic E-state index is 12.8. The number of hydrogen-bond acceptors (Lipinski definition) is 11. The molecule has 0 aromatic heterocycles. The second-order valence-electron chi connectivity index (χ2n) is 16.4. The minimum atomic E-state index is -0.848. The third kappa shape index (κ3) is 9.29. The molecule has 0 radical (unpaired) electrons. The van der Waals surface area contributed by atoms with Crippen LogP contribution in [0.3, 0.4) is 0 Å². The molecule has 290 valence electrons. The van der Waals surface area contributed by atoms with Crippen LogP contribution in [0.5, 0.6) is 23.0 Å². The normalized spacial score (nSPS) is 18.9. The fourth-order valence-electron chi connectivity index (χ4n) is 6.68. The van der Waals surface area contributed by atoms with E-state index in [-0.39, 0.29) is 23.5 Å². The summed E-state index contributed by atoms with van der Waals surface area (Å²) in [4.78, 5) is 37.9. The molecule has 3 unspecified atom stereocenters. The van der Waals surface area contributed by atoms with Gasteiger partial charge in [-0.3, -0.25) is 0 Å². The van der Waals surface area contributed by atoms with Crippen molar-refractivity contribution in [2.45, 2.75) is 85.0 Å². The molecule has 55 heavy (non-hydrogen) atoms. The number of carbonyl (C=O) groups is 3. The van der Waals surface area contributed by atoms with Gasteiger partial charge in [-0.15, -0.1) is 0 Å². The number of allylic oxidation sites excluding steroid dienone is 7. The van der Waals surface area contributed by atoms with Gasteiger partial charge in [-0.25, -0.2) is 14.4 Å². The monoisotopic (exact) mass is 864 g/mol. The molecule has 2 aliphatic carbocycles. The maximum absolute atomic E-state index is 12.8. The second-order valence-corrected chi connectivity index (χ2v) is 17.5. The molecule has 0 spiro atoms. The molecule has 0 fully saturated rings. The van der Waals surface area contributed by atoms with E-state index < -0.39 is 35.3 Å². The molecule has 3 atom stereocenters. The second kappa shape index (κ2) is 14.9. The van der Waals surface area contributed by atoms with E-state index in [2.05, 4.69) is 22.6 Å². The van der Waals surface area contributed by atoms with E-state index in [4.69, 9.17) is 37.9 Å². The molecule has 0 saturated heterocycles. The Labute approximate surface area is 334 Å². The first-order chi connectivity index (χ1) is 25.7. The van der Waals surface area contributed by atoms with Gasteiger partial charge in [0.25, 0.3) is 0 Å². The molecule has 1 heterocycles. The lowest BCUT2D eigenvalue weighted by atomic mass is 9.66. The summed E-state index contributed by atoms with van der Waals surface area (Å²) >= 11 is 2.14. The standard InChI is InChI=1S/C43H45IO11/c1-41(2,3)53-38(45)49-26-13-15-28-23(19-26)11-17-31-35(28)34(25-21-30(44)37(33(22-25)48-10)52-40(47)55-43(7,8)9)36-29-16-14-27(50-39(46)54-42(4,5)6)20-24(29)12-18-32(36)51-31/h11-22,28,34-35H,1-10H3. The highest BCUT2D eigenvalue weighted by molar-refractivity contribution is 14.1. The highest BCUT2D eigenvalue weighted by Crippen LogP contribution is 2.56. The van der Waals surface area contributed by atoms with Gasteiger partial charge in [-0.05, 0) is 155 Å². The van der Waals surface area contributed by atoms with E-state index in [0.717, 1.165) is 33.2 Å². The van der Waals surface area contributed by atoms with Gasteiger partial charge >= 0.3 is 18.5 Å². The van der Waals surface area contributed by atoms with Crippen LogP contribution in [0.1, 0.15) is 79.4 Å². The summed E-state index contributed by atoms with van der Waals surface area (Å²) in [5, 5.41) is 1.69. The van der Waals surface area contributed by atoms with Crippen LogP contribution < -0.4 is 18.9 Å².